The largest absolute Gasteiger partial charge is 0.480 e. The van der Waals surface area contributed by atoms with Crippen molar-refractivity contribution < 1.29 is 19.4 Å². The second kappa shape index (κ2) is 11.4. The molecule has 6 heteroatoms. The minimum absolute atomic E-state index is 0.0203. The number of carboxylic acids is 1. The Hall–Kier alpha value is -1.30. The van der Waals surface area contributed by atoms with Gasteiger partial charge in [0.05, 0.1) is 6.54 Å². The average molecular weight is 304 g/mol. The van der Waals surface area contributed by atoms with Crippen LogP contribution in [0.5, 0.6) is 0 Å². The minimum Gasteiger partial charge on any atom is -0.480 e. The highest BCUT2D eigenvalue weighted by Gasteiger charge is 2.26. The summed E-state index contributed by atoms with van der Waals surface area (Å²) in [4.78, 5) is 23.8. The van der Waals surface area contributed by atoms with Crippen LogP contribution in [0.25, 0.3) is 0 Å². The maximum Gasteiger partial charge on any atom is 0.407 e. The quantitative estimate of drug-likeness (QED) is 0.838. The van der Waals surface area contributed by atoms with Gasteiger partial charge in [-0.1, -0.05) is 27.7 Å². The number of hydrogen-bond donors (Lipinski definition) is 2. The highest BCUT2D eigenvalue weighted by Crippen LogP contribution is 2.11. The predicted molar refractivity (Wildman–Crippen MR) is 84.5 cm³/mol. The van der Waals surface area contributed by atoms with Gasteiger partial charge in [-0.3, -0.25) is 9.69 Å². The molecular formula is C15H32N2O4. The summed E-state index contributed by atoms with van der Waals surface area (Å²) in [5, 5.41) is 11.4. The van der Waals surface area contributed by atoms with E-state index in [4.69, 9.17) is 9.84 Å². The average Bonchev–Trinajstić information content (AvgIpc) is 2.78. The van der Waals surface area contributed by atoms with Gasteiger partial charge in [0, 0.05) is 19.1 Å². The molecule has 1 saturated heterocycles. The minimum atomic E-state index is -0.845. The molecule has 1 atom stereocenters. The summed E-state index contributed by atoms with van der Waals surface area (Å²) < 4.78 is 5.13. The summed E-state index contributed by atoms with van der Waals surface area (Å²) >= 11 is 0. The molecule has 0 radical (unpaired) electrons. The van der Waals surface area contributed by atoms with Crippen LogP contribution in [-0.4, -0.2) is 53.3 Å². The molecule has 1 fully saturated rings. The first-order valence-corrected chi connectivity index (χ1v) is 7.70. The highest BCUT2D eigenvalue weighted by atomic mass is 16.6. The number of amides is 1. The molecule has 1 heterocycles. The maximum atomic E-state index is 11.5. The monoisotopic (exact) mass is 304 g/mol. The van der Waals surface area contributed by atoms with Crippen molar-refractivity contribution in [2.45, 2.75) is 66.5 Å². The fourth-order valence-electron chi connectivity index (χ4n) is 1.76. The number of nitrogens with zero attached hydrogens (tertiary/aromatic N) is 1. The number of rotatable bonds is 3. The van der Waals surface area contributed by atoms with E-state index in [9.17, 15) is 9.59 Å². The zero-order chi connectivity index (χ0) is 17.1. The smallest absolute Gasteiger partial charge is 0.407 e. The van der Waals surface area contributed by atoms with Crippen LogP contribution in [0.3, 0.4) is 0 Å². The first kappa shape index (κ1) is 22.0. The molecule has 0 saturated carbocycles. The van der Waals surface area contributed by atoms with Crippen LogP contribution < -0.4 is 5.32 Å². The van der Waals surface area contributed by atoms with E-state index in [1.807, 2.05) is 27.7 Å². The summed E-state index contributed by atoms with van der Waals surface area (Å²) in [7, 11) is 0. The number of alkyl carbamates (subject to hydrolysis) is 1. The normalized spacial score (nSPS) is 17.8. The fourth-order valence-corrected chi connectivity index (χ4v) is 1.76. The van der Waals surface area contributed by atoms with Crippen LogP contribution in [0.4, 0.5) is 4.79 Å². The molecule has 21 heavy (non-hydrogen) atoms. The number of likely N-dealkylation sites (tertiary alicyclic amines) is 1. The lowest BCUT2D eigenvalue weighted by Crippen LogP contribution is -2.41. The molecule has 1 aliphatic heterocycles. The molecule has 0 bridgehead atoms. The molecule has 1 rings (SSSR count). The van der Waals surface area contributed by atoms with Crippen molar-refractivity contribution in [2.24, 2.45) is 0 Å². The lowest BCUT2D eigenvalue weighted by atomic mass is 10.2. The highest BCUT2D eigenvalue weighted by molar-refractivity contribution is 5.69. The number of ether oxygens (including phenoxy) is 1. The number of carbonyl (C=O) groups is 2. The summed E-state index contributed by atoms with van der Waals surface area (Å²) in [6, 6.07) is -0.0239. The summed E-state index contributed by atoms with van der Waals surface area (Å²) in [5.41, 5.74) is -0.510. The van der Waals surface area contributed by atoms with Gasteiger partial charge in [0.15, 0.2) is 0 Å². The first-order chi connectivity index (χ1) is 9.76. The molecule has 1 unspecified atom stereocenters. The number of carboxylic acid groups (broad SMARTS) is 1. The molecule has 0 aromatic heterocycles. The number of aliphatic carboxylic acids is 1. The molecule has 0 aromatic rings. The van der Waals surface area contributed by atoms with Crippen molar-refractivity contribution in [2.75, 3.05) is 19.6 Å². The van der Waals surface area contributed by atoms with E-state index >= 15 is 0 Å². The lowest BCUT2D eigenvalue weighted by molar-refractivity contribution is -0.138. The van der Waals surface area contributed by atoms with E-state index in [0.717, 1.165) is 6.42 Å². The Bertz CT molecular complexity index is 301. The summed E-state index contributed by atoms with van der Waals surface area (Å²) in [6.07, 6.45) is 0.312. The topological polar surface area (TPSA) is 78.9 Å². The van der Waals surface area contributed by atoms with Crippen LogP contribution in [-0.2, 0) is 9.53 Å². The zero-order valence-electron chi connectivity index (χ0n) is 14.5. The van der Waals surface area contributed by atoms with E-state index in [1.54, 1.807) is 25.7 Å². The van der Waals surface area contributed by atoms with Gasteiger partial charge in [0.25, 0.3) is 0 Å². The van der Waals surface area contributed by atoms with Crippen molar-refractivity contribution in [1.82, 2.24) is 10.2 Å². The third kappa shape index (κ3) is 12.2. The Morgan fingerprint density at radius 3 is 2.19 bits per heavy atom. The van der Waals surface area contributed by atoms with Crippen molar-refractivity contribution in [3.05, 3.63) is 0 Å². The fraction of sp³-hybridized carbons (Fsp3) is 0.867. The van der Waals surface area contributed by atoms with Gasteiger partial charge in [-0.2, -0.15) is 0 Å². The van der Waals surface area contributed by atoms with Gasteiger partial charge < -0.3 is 15.2 Å². The number of nitrogens with one attached hydrogen (secondary N) is 1. The standard InChI is InChI=1S/C11H20N2O4.2C2H6/c1-11(2,3)17-10(16)12-8-4-5-13(6-8)7-9(14)15;2*1-2/h8H,4-7H2,1-3H3,(H,12,16)(H,14,15);2*1-2H3. The molecule has 0 aromatic carbocycles. The summed E-state index contributed by atoms with van der Waals surface area (Å²) in [6.45, 7) is 14.7. The van der Waals surface area contributed by atoms with Gasteiger partial charge in [0.1, 0.15) is 5.60 Å². The molecule has 6 nitrogen and oxygen atoms in total. The van der Waals surface area contributed by atoms with E-state index in [2.05, 4.69) is 5.32 Å². The van der Waals surface area contributed by atoms with Crippen LogP contribution in [0.1, 0.15) is 54.9 Å². The SMILES string of the molecule is CC.CC.CC(C)(C)OC(=O)NC1CCN(CC(=O)O)C1. The van der Waals surface area contributed by atoms with Crippen LogP contribution in [0.2, 0.25) is 0 Å². The third-order valence-corrected chi connectivity index (χ3v) is 2.35. The van der Waals surface area contributed by atoms with Gasteiger partial charge >= 0.3 is 12.1 Å². The number of hydrogen-bond acceptors (Lipinski definition) is 4. The van der Waals surface area contributed by atoms with Gasteiger partial charge in [-0.05, 0) is 27.2 Å². The second-order valence-electron chi connectivity index (χ2n) is 5.26. The van der Waals surface area contributed by atoms with E-state index in [1.165, 1.54) is 0 Å². The Kier molecular flexibility index (Phi) is 11.9. The third-order valence-electron chi connectivity index (χ3n) is 2.35. The number of carbonyl (C=O) groups excluding carboxylic acids is 1. The lowest BCUT2D eigenvalue weighted by Gasteiger charge is -2.21. The van der Waals surface area contributed by atoms with Gasteiger partial charge in [-0.15, -0.1) is 0 Å². The Labute approximate surface area is 128 Å². The van der Waals surface area contributed by atoms with Gasteiger partial charge in [0.2, 0.25) is 0 Å². The summed E-state index contributed by atoms with van der Waals surface area (Å²) in [5.74, 6) is -0.845. The van der Waals surface area contributed by atoms with Crippen molar-refractivity contribution in [3.8, 4) is 0 Å². The van der Waals surface area contributed by atoms with E-state index < -0.39 is 17.7 Å². The van der Waals surface area contributed by atoms with Crippen molar-refractivity contribution >= 4 is 12.1 Å². The molecule has 1 amide bonds. The maximum absolute atomic E-state index is 11.5. The zero-order valence-corrected chi connectivity index (χ0v) is 14.5. The van der Waals surface area contributed by atoms with Crippen molar-refractivity contribution in [3.63, 3.8) is 0 Å². The Balaban J connectivity index is 0. The second-order valence-corrected chi connectivity index (χ2v) is 5.26. The molecule has 1 aliphatic rings. The molecule has 0 aliphatic carbocycles. The van der Waals surface area contributed by atoms with Crippen LogP contribution in [0.15, 0.2) is 0 Å². The Morgan fingerprint density at radius 1 is 1.24 bits per heavy atom. The van der Waals surface area contributed by atoms with Crippen LogP contribution in [0, 0.1) is 0 Å². The van der Waals surface area contributed by atoms with Gasteiger partial charge in [-0.25, -0.2) is 4.79 Å². The molecule has 126 valence electrons. The van der Waals surface area contributed by atoms with E-state index in [0.29, 0.717) is 13.1 Å². The molecule has 0 spiro atoms. The van der Waals surface area contributed by atoms with E-state index in [-0.39, 0.29) is 12.6 Å². The van der Waals surface area contributed by atoms with Crippen LogP contribution >= 0.6 is 0 Å². The molecule has 2 N–H and O–H groups in total. The molecular weight excluding hydrogens is 272 g/mol. The first-order valence-electron chi connectivity index (χ1n) is 7.70. The Morgan fingerprint density at radius 2 is 1.76 bits per heavy atom. The predicted octanol–water partition coefficient (Wildman–Crippen LogP) is 2.72. The van der Waals surface area contributed by atoms with Crippen molar-refractivity contribution in [1.29, 1.82) is 0 Å².